The summed E-state index contributed by atoms with van der Waals surface area (Å²) in [6.45, 7) is 0.468. The smallest absolute Gasteiger partial charge is 0.235 e. The zero-order valence-corrected chi connectivity index (χ0v) is 10.0. The first-order valence-electron chi connectivity index (χ1n) is 4.31. The van der Waals surface area contributed by atoms with Crippen LogP contribution in [0.25, 0.3) is 0 Å². The van der Waals surface area contributed by atoms with Crippen molar-refractivity contribution < 1.29 is 17.9 Å². The minimum Gasteiger partial charge on any atom is -0.383 e. The van der Waals surface area contributed by atoms with Crippen molar-refractivity contribution in [3.05, 3.63) is 0 Å². The molecule has 0 spiro atoms. The van der Waals surface area contributed by atoms with Crippen molar-refractivity contribution in [3.63, 3.8) is 0 Å². The van der Waals surface area contributed by atoms with E-state index in [4.69, 9.17) is 16.3 Å². The fourth-order valence-electron chi connectivity index (χ4n) is 0.704. The molecule has 0 atom stereocenters. The van der Waals surface area contributed by atoms with Crippen molar-refractivity contribution in [2.75, 3.05) is 38.4 Å². The number of halogens is 1. The number of hydrogen-bond acceptors (Lipinski definition) is 4. The Morgan fingerprint density at radius 1 is 1.47 bits per heavy atom. The van der Waals surface area contributed by atoms with Crippen LogP contribution in [0.3, 0.4) is 0 Å². The molecular weight excluding hydrogens is 244 g/mol. The third kappa shape index (κ3) is 8.61. The van der Waals surface area contributed by atoms with Crippen LogP contribution in [-0.4, -0.2) is 52.8 Å². The zero-order chi connectivity index (χ0) is 11.7. The molecule has 0 aliphatic heterocycles. The first-order valence-corrected chi connectivity index (χ1v) is 6.49. The van der Waals surface area contributed by atoms with Gasteiger partial charge in [0.1, 0.15) is 0 Å². The van der Waals surface area contributed by atoms with Crippen LogP contribution in [0.5, 0.6) is 0 Å². The fourth-order valence-corrected chi connectivity index (χ4v) is 2.01. The van der Waals surface area contributed by atoms with Crippen molar-refractivity contribution in [1.29, 1.82) is 0 Å². The highest BCUT2D eigenvalue weighted by molar-refractivity contribution is 7.89. The Hall–Kier alpha value is -0.370. The van der Waals surface area contributed by atoms with Gasteiger partial charge in [0.25, 0.3) is 0 Å². The topological polar surface area (TPSA) is 84.5 Å². The van der Waals surface area contributed by atoms with Crippen LogP contribution in [0.4, 0.5) is 0 Å². The summed E-state index contributed by atoms with van der Waals surface area (Å²) >= 11 is 5.27. The van der Waals surface area contributed by atoms with E-state index in [9.17, 15) is 13.2 Å². The highest BCUT2D eigenvalue weighted by Gasteiger charge is 2.10. The number of hydrogen-bond donors (Lipinski definition) is 2. The summed E-state index contributed by atoms with van der Waals surface area (Å²) in [6.07, 6.45) is 0. The number of ether oxygens (including phenoxy) is 1. The molecule has 6 nitrogen and oxygen atoms in total. The zero-order valence-electron chi connectivity index (χ0n) is 8.45. The lowest BCUT2D eigenvalue weighted by Gasteiger charge is -2.06. The number of carbonyl (C=O) groups is 1. The average Bonchev–Trinajstić information content (AvgIpc) is 2.15. The Kier molecular flexibility index (Phi) is 7.67. The molecule has 2 N–H and O–H groups in total. The van der Waals surface area contributed by atoms with Crippen LogP contribution in [-0.2, 0) is 19.6 Å². The molecule has 0 heterocycles. The van der Waals surface area contributed by atoms with Gasteiger partial charge in [-0.25, -0.2) is 13.1 Å². The largest absolute Gasteiger partial charge is 0.383 e. The molecule has 0 rings (SSSR count). The summed E-state index contributed by atoms with van der Waals surface area (Å²) in [5, 5.41) is 2.47. The quantitative estimate of drug-likeness (QED) is 0.428. The van der Waals surface area contributed by atoms with Gasteiger partial charge < -0.3 is 10.1 Å². The Bertz CT molecular complexity index is 281. The molecule has 15 heavy (non-hydrogen) atoms. The number of alkyl halides is 1. The lowest BCUT2D eigenvalue weighted by Crippen LogP contribution is -2.39. The summed E-state index contributed by atoms with van der Waals surface area (Å²) < 4.78 is 29.0. The predicted octanol–water partition coefficient (Wildman–Crippen LogP) is -1.09. The second-order valence-electron chi connectivity index (χ2n) is 2.67. The van der Waals surface area contributed by atoms with Crippen LogP contribution in [0.1, 0.15) is 0 Å². The molecule has 0 aliphatic rings. The van der Waals surface area contributed by atoms with E-state index in [-0.39, 0.29) is 18.2 Å². The van der Waals surface area contributed by atoms with Crippen molar-refractivity contribution in [3.8, 4) is 0 Å². The van der Waals surface area contributed by atoms with E-state index in [0.717, 1.165) is 0 Å². The van der Waals surface area contributed by atoms with Gasteiger partial charge in [-0.15, -0.1) is 11.6 Å². The van der Waals surface area contributed by atoms with Gasteiger partial charge in [-0.1, -0.05) is 0 Å². The maximum Gasteiger partial charge on any atom is 0.235 e. The molecule has 0 bridgehead atoms. The van der Waals surface area contributed by atoms with Crippen LogP contribution in [0, 0.1) is 0 Å². The average molecular weight is 259 g/mol. The lowest BCUT2D eigenvalue weighted by molar-refractivity contribution is -0.120. The van der Waals surface area contributed by atoms with Crippen LogP contribution in [0.15, 0.2) is 0 Å². The molecule has 0 unspecified atom stereocenters. The van der Waals surface area contributed by atoms with Crippen molar-refractivity contribution in [2.45, 2.75) is 0 Å². The van der Waals surface area contributed by atoms with Gasteiger partial charge in [0.2, 0.25) is 15.9 Å². The maximum atomic E-state index is 11.1. The van der Waals surface area contributed by atoms with Crippen LogP contribution in [0.2, 0.25) is 0 Å². The minimum atomic E-state index is -3.43. The number of methoxy groups -OCH3 is 1. The minimum absolute atomic E-state index is 0.000622. The van der Waals surface area contributed by atoms with Gasteiger partial charge in [-0.2, -0.15) is 0 Å². The number of carbonyl (C=O) groups excluding carboxylic acids is 1. The number of nitrogens with one attached hydrogen (secondary N) is 2. The third-order valence-corrected chi connectivity index (χ3v) is 3.17. The third-order valence-electron chi connectivity index (χ3n) is 1.43. The van der Waals surface area contributed by atoms with Gasteiger partial charge in [0.05, 0.1) is 18.9 Å². The molecule has 0 radical (unpaired) electrons. The highest BCUT2D eigenvalue weighted by Crippen LogP contribution is 1.85. The standard InChI is InChI=1S/C7H15ClN2O4S/c1-14-4-3-9-7(11)6-10-15(12,13)5-2-8/h10H,2-6H2,1H3,(H,9,11). The summed E-state index contributed by atoms with van der Waals surface area (Å²) in [6, 6.07) is 0. The maximum absolute atomic E-state index is 11.1. The molecule has 0 aromatic carbocycles. The highest BCUT2D eigenvalue weighted by atomic mass is 35.5. The van der Waals surface area contributed by atoms with Crippen molar-refractivity contribution in [1.82, 2.24) is 10.0 Å². The Morgan fingerprint density at radius 3 is 2.67 bits per heavy atom. The van der Waals surface area contributed by atoms with Gasteiger partial charge in [-0.3, -0.25) is 4.79 Å². The molecule has 1 amide bonds. The van der Waals surface area contributed by atoms with E-state index in [1.807, 2.05) is 0 Å². The Morgan fingerprint density at radius 2 is 2.13 bits per heavy atom. The summed E-state index contributed by atoms with van der Waals surface area (Å²) in [7, 11) is -1.92. The first-order chi connectivity index (χ1) is 7.02. The van der Waals surface area contributed by atoms with E-state index in [2.05, 4.69) is 10.0 Å². The predicted molar refractivity (Wildman–Crippen MR) is 57.4 cm³/mol. The van der Waals surface area contributed by atoms with Gasteiger partial charge in [0.15, 0.2) is 0 Å². The van der Waals surface area contributed by atoms with E-state index < -0.39 is 15.9 Å². The van der Waals surface area contributed by atoms with Crippen molar-refractivity contribution in [2.24, 2.45) is 0 Å². The number of rotatable bonds is 8. The van der Waals surface area contributed by atoms with Gasteiger partial charge in [-0.05, 0) is 0 Å². The first kappa shape index (κ1) is 14.6. The molecule has 0 aromatic rings. The van der Waals surface area contributed by atoms with E-state index in [1.165, 1.54) is 7.11 Å². The molecule has 8 heteroatoms. The van der Waals surface area contributed by atoms with Crippen LogP contribution >= 0.6 is 11.6 Å². The molecule has 0 saturated heterocycles. The summed E-state index contributed by atoms with van der Waals surface area (Å²) in [5.41, 5.74) is 0. The SMILES string of the molecule is COCCNC(=O)CNS(=O)(=O)CCCl. The second kappa shape index (κ2) is 7.86. The summed E-state index contributed by atoms with van der Waals surface area (Å²) in [4.78, 5) is 11.0. The number of sulfonamides is 1. The monoisotopic (exact) mass is 258 g/mol. The lowest BCUT2D eigenvalue weighted by atomic mass is 10.6. The fraction of sp³-hybridized carbons (Fsp3) is 0.857. The van der Waals surface area contributed by atoms with E-state index in [0.29, 0.717) is 13.2 Å². The summed E-state index contributed by atoms with van der Waals surface area (Å²) in [5.74, 6) is -0.592. The normalized spacial score (nSPS) is 11.3. The molecule has 0 aromatic heterocycles. The Labute approximate surface area is 94.4 Å². The van der Waals surface area contributed by atoms with E-state index >= 15 is 0 Å². The molecular formula is C7H15ClN2O4S. The number of amides is 1. The molecule has 0 saturated carbocycles. The molecule has 0 fully saturated rings. The van der Waals surface area contributed by atoms with Crippen molar-refractivity contribution >= 4 is 27.5 Å². The molecule has 90 valence electrons. The van der Waals surface area contributed by atoms with Crippen LogP contribution < -0.4 is 10.0 Å². The van der Waals surface area contributed by atoms with Gasteiger partial charge >= 0.3 is 0 Å². The van der Waals surface area contributed by atoms with E-state index in [1.54, 1.807) is 0 Å². The van der Waals surface area contributed by atoms with Gasteiger partial charge in [0, 0.05) is 19.5 Å². The molecule has 0 aliphatic carbocycles. The Balaban J connectivity index is 3.71. The second-order valence-corrected chi connectivity index (χ2v) is 4.98.